The Bertz CT molecular complexity index is 751. The summed E-state index contributed by atoms with van der Waals surface area (Å²) in [4.78, 5) is 38.5. The minimum Gasteiger partial charge on any atom is -0.875 e. The largest absolute Gasteiger partial charge is 0.875 e. The van der Waals surface area contributed by atoms with Crippen LogP contribution in [0, 0.1) is 24.3 Å². The Balaban J connectivity index is 2.03. The highest BCUT2D eigenvalue weighted by Crippen LogP contribution is 2.26. The van der Waals surface area contributed by atoms with Crippen LogP contribution in [0.5, 0.6) is 0 Å². The number of carbonyl (C=O) groups is 3. The molecule has 0 unspecified atom stereocenters. The average molecular weight is 373 g/mol. The van der Waals surface area contributed by atoms with E-state index in [1.807, 2.05) is 0 Å². The van der Waals surface area contributed by atoms with Crippen LogP contribution in [0.15, 0.2) is 28.5 Å². The third-order valence-electron chi connectivity index (χ3n) is 3.39. The number of nitrogens with zero attached hydrogens (tertiary/aromatic N) is 1. The van der Waals surface area contributed by atoms with Crippen molar-refractivity contribution in [2.75, 3.05) is 5.75 Å². The molecule has 0 aromatic heterocycles. The molecule has 9 heteroatoms. The SMILES string of the molecule is C=C1CS[C@H]([C@H](NC(=O)CCC([O-])=C2[C]=[C][C]=[C]2)C(=O)O)N=C1C(=O)O. The monoisotopic (exact) mass is 373 g/mol. The van der Waals surface area contributed by atoms with E-state index in [9.17, 15) is 24.6 Å². The van der Waals surface area contributed by atoms with Gasteiger partial charge in [-0.3, -0.25) is 9.79 Å². The fraction of sp³-hybridized carbons (Fsp3) is 0.294. The summed E-state index contributed by atoms with van der Waals surface area (Å²) in [5, 5.41) is 31.5. The highest BCUT2D eigenvalue weighted by atomic mass is 32.2. The number of rotatable bonds is 7. The summed E-state index contributed by atoms with van der Waals surface area (Å²) in [6.45, 7) is 3.57. The van der Waals surface area contributed by atoms with Gasteiger partial charge in [-0.1, -0.05) is 6.58 Å². The van der Waals surface area contributed by atoms with Crippen molar-refractivity contribution in [3.05, 3.63) is 47.8 Å². The lowest BCUT2D eigenvalue weighted by atomic mass is 10.1. The molecule has 134 valence electrons. The van der Waals surface area contributed by atoms with Gasteiger partial charge in [0.2, 0.25) is 5.91 Å². The molecule has 8 nitrogen and oxygen atoms in total. The number of thioether (sulfide) groups is 1. The predicted octanol–water partition coefficient (Wildman–Crippen LogP) is -0.556. The van der Waals surface area contributed by atoms with Gasteiger partial charge in [-0.25, -0.2) is 9.59 Å². The number of hydrogen-bond donors (Lipinski definition) is 3. The number of aliphatic imine (C=N–C) groups is 1. The molecule has 1 heterocycles. The van der Waals surface area contributed by atoms with Crippen molar-refractivity contribution in [3.63, 3.8) is 0 Å². The summed E-state index contributed by atoms with van der Waals surface area (Å²) in [6.07, 6.45) is 9.45. The lowest BCUT2D eigenvalue weighted by Crippen LogP contribution is -2.48. The van der Waals surface area contributed by atoms with E-state index in [0.717, 1.165) is 11.8 Å². The zero-order chi connectivity index (χ0) is 19.3. The minimum atomic E-state index is -1.43. The van der Waals surface area contributed by atoms with Crippen molar-refractivity contribution >= 4 is 35.3 Å². The van der Waals surface area contributed by atoms with Crippen LogP contribution in [0.3, 0.4) is 0 Å². The van der Waals surface area contributed by atoms with Gasteiger partial charge < -0.3 is 20.6 Å². The third kappa shape index (κ3) is 4.85. The molecule has 0 saturated carbocycles. The van der Waals surface area contributed by atoms with E-state index in [1.165, 1.54) is 0 Å². The second-order valence-electron chi connectivity index (χ2n) is 5.27. The van der Waals surface area contributed by atoms with Crippen molar-refractivity contribution in [3.8, 4) is 0 Å². The molecule has 26 heavy (non-hydrogen) atoms. The summed E-state index contributed by atoms with van der Waals surface area (Å²) in [7, 11) is 0. The van der Waals surface area contributed by atoms with Crippen LogP contribution in [0.4, 0.5) is 0 Å². The van der Waals surface area contributed by atoms with Crippen LogP contribution in [-0.4, -0.2) is 50.9 Å². The Labute approximate surface area is 153 Å². The Hall–Kier alpha value is -2.81. The van der Waals surface area contributed by atoms with E-state index in [-0.39, 0.29) is 41.2 Å². The van der Waals surface area contributed by atoms with E-state index in [2.05, 4.69) is 41.2 Å². The lowest BCUT2D eigenvalue weighted by Gasteiger charge is -2.26. The summed E-state index contributed by atoms with van der Waals surface area (Å²) in [5.74, 6) is -3.53. The van der Waals surface area contributed by atoms with Crippen molar-refractivity contribution < 1.29 is 29.7 Å². The van der Waals surface area contributed by atoms with Gasteiger partial charge in [0.1, 0.15) is 11.1 Å². The molecule has 0 aromatic rings. The zero-order valence-electron chi connectivity index (χ0n) is 13.4. The Morgan fingerprint density at radius 3 is 2.54 bits per heavy atom. The molecule has 2 atom stereocenters. The number of carboxylic acids is 2. The molecule has 0 aromatic carbocycles. The molecular weight excluding hydrogens is 360 g/mol. The highest BCUT2D eigenvalue weighted by molar-refractivity contribution is 8.00. The van der Waals surface area contributed by atoms with Gasteiger partial charge in [0.05, 0.1) is 0 Å². The molecule has 1 amide bonds. The highest BCUT2D eigenvalue weighted by Gasteiger charge is 2.34. The van der Waals surface area contributed by atoms with E-state index < -0.39 is 29.3 Å². The van der Waals surface area contributed by atoms with E-state index in [0.29, 0.717) is 0 Å². The molecule has 4 radical (unpaired) electrons. The molecule has 0 saturated heterocycles. The normalized spacial score (nSPS) is 19.8. The Kier molecular flexibility index (Phi) is 6.40. The van der Waals surface area contributed by atoms with Crippen LogP contribution in [-0.2, 0) is 14.4 Å². The van der Waals surface area contributed by atoms with Crippen LogP contribution in [0.25, 0.3) is 0 Å². The molecule has 0 bridgehead atoms. The van der Waals surface area contributed by atoms with Crippen molar-refractivity contribution in [2.24, 2.45) is 4.99 Å². The average Bonchev–Trinajstić information content (AvgIpc) is 3.12. The number of carbonyl (C=O) groups excluding carboxylic acids is 1. The van der Waals surface area contributed by atoms with Gasteiger partial charge >= 0.3 is 11.9 Å². The Morgan fingerprint density at radius 2 is 1.96 bits per heavy atom. The molecule has 2 rings (SSSR count). The van der Waals surface area contributed by atoms with Gasteiger partial charge in [-0.2, -0.15) is 0 Å². The first-order chi connectivity index (χ1) is 12.3. The first-order valence-electron chi connectivity index (χ1n) is 7.34. The maximum Gasteiger partial charge on any atom is 0.354 e. The number of aliphatic carboxylic acids is 2. The standard InChI is InChI=1S/C17H14N2O6S/c1-9-8-26-15(19-13(9)16(22)23)14(17(24)25)18-12(21)7-6-11(20)10-4-2-3-5-10/h14-15,20H,1,6-8H2,(H,18,21)(H,22,23)(H,24,25)/p-1/t14-,15+/m0/s1. The number of nitrogens with one attached hydrogen (secondary N) is 1. The second-order valence-corrected chi connectivity index (χ2v) is 6.37. The maximum atomic E-state index is 12.0. The number of carboxylic acid groups (broad SMARTS) is 2. The van der Waals surface area contributed by atoms with Gasteiger partial charge in [0.25, 0.3) is 0 Å². The maximum absolute atomic E-state index is 12.0. The molecule has 0 spiro atoms. The van der Waals surface area contributed by atoms with Crippen LogP contribution in [0.1, 0.15) is 12.8 Å². The fourth-order valence-corrected chi connectivity index (χ4v) is 3.16. The van der Waals surface area contributed by atoms with Gasteiger partial charge in [-0.15, -0.1) is 17.5 Å². The molecule has 3 N–H and O–H groups in total. The molecule has 2 aliphatic rings. The lowest BCUT2D eigenvalue weighted by molar-refractivity contribution is -0.307. The van der Waals surface area contributed by atoms with Crippen molar-refractivity contribution in [2.45, 2.75) is 24.3 Å². The summed E-state index contributed by atoms with van der Waals surface area (Å²) in [6, 6.07) is -1.43. The summed E-state index contributed by atoms with van der Waals surface area (Å²) < 4.78 is 0. The summed E-state index contributed by atoms with van der Waals surface area (Å²) in [5.41, 5.74) is 0.0967. The third-order valence-corrected chi connectivity index (χ3v) is 4.62. The quantitative estimate of drug-likeness (QED) is 0.509. The van der Waals surface area contributed by atoms with Crippen LogP contribution >= 0.6 is 11.8 Å². The van der Waals surface area contributed by atoms with Crippen LogP contribution in [0.2, 0.25) is 0 Å². The van der Waals surface area contributed by atoms with Crippen LogP contribution < -0.4 is 10.4 Å². The summed E-state index contributed by atoms with van der Waals surface area (Å²) >= 11 is 1.06. The molecule has 1 aliphatic heterocycles. The van der Waals surface area contributed by atoms with Gasteiger partial charge in [0.15, 0.2) is 6.04 Å². The van der Waals surface area contributed by atoms with E-state index in [1.54, 1.807) is 0 Å². The Morgan fingerprint density at radius 1 is 1.31 bits per heavy atom. The van der Waals surface area contributed by atoms with E-state index >= 15 is 0 Å². The number of hydrogen-bond acceptors (Lipinski definition) is 6. The molecular formula is C17H13N2O6S-. The van der Waals surface area contributed by atoms with E-state index in [4.69, 9.17) is 5.11 Å². The van der Waals surface area contributed by atoms with Crippen molar-refractivity contribution in [1.82, 2.24) is 5.32 Å². The van der Waals surface area contributed by atoms with Gasteiger partial charge in [-0.05, 0) is 41.9 Å². The predicted molar refractivity (Wildman–Crippen MR) is 89.3 cm³/mol. The first-order valence-corrected chi connectivity index (χ1v) is 8.39. The van der Waals surface area contributed by atoms with Gasteiger partial charge in [0, 0.05) is 12.2 Å². The number of amides is 1. The number of allylic oxidation sites excluding steroid dienone is 6. The first kappa shape index (κ1) is 19.5. The molecule has 1 aliphatic carbocycles. The zero-order valence-corrected chi connectivity index (χ0v) is 14.2. The van der Waals surface area contributed by atoms with Crippen molar-refractivity contribution in [1.29, 1.82) is 0 Å². The topological polar surface area (TPSA) is 139 Å². The smallest absolute Gasteiger partial charge is 0.354 e. The molecule has 0 fully saturated rings. The minimum absolute atomic E-state index is 0.129. The second kappa shape index (κ2) is 8.52. The fourth-order valence-electron chi connectivity index (χ4n) is 2.10.